The molecule has 0 bridgehead atoms. The first-order chi connectivity index (χ1) is 12.3. The Labute approximate surface area is 154 Å². The second kappa shape index (κ2) is 8.82. The maximum absolute atomic E-state index is 12.4. The third-order valence-electron chi connectivity index (χ3n) is 3.83. The normalized spacial score (nSPS) is 13.7. The van der Waals surface area contributed by atoms with Crippen molar-refractivity contribution in [2.75, 3.05) is 6.61 Å². The van der Waals surface area contributed by atoms with Crippen molar-refractivity contribution in [1.82, 2.24) is 10.0 Å². The van der Waals surface area contributed by atoms with Gasteiger partial charge < -0.3 is 10.1 Å². The maximum atomic E-state index is 12.4. The second-order valence-electron chi connectivity index (χ2n) is 5.89. The standard InChI is InChI=1S/C19H24N2O4S/c1-4-25-17-10-12-18(13-11-17)26(23,24)21-15(3)19(22)20-14(2)16-8-6-5-7-9-16/h5-15,21H,4H2,1-3H3,(H,20,22)/t14-,15+/m0/s1. The summed E-state index contributed by atoms with van der Waals surface area (Å²) >= 11 is 0. The lowest BCUT2D eigenvalue weighted by molar-refractivity contribution is -0.123. The van der Waals surface area contributed by atoms with Gasteiger partial charge in [0.15, 0.2) is 0 Å². The first-order valence-electron chi connectivity index (χ1n) is 8.44. The molecule has 0 aromatic heterocycles. The summed E-state index contributed by atoms with van der Waals surface area (Å²) in [7, 11) is -3.80. The Hall–Kier alpha value is -2.38. The highest BCUT2D eigenvalue weighted by Gasteiger charge is 2.23. The van der Waals surface area contributed by atoms with Crippen molar-refractivity contribution in [2.24, 2.45) is 0 Å². The Bertz CT molecular complexity index is 820. The number of nitrogens with one attached hydrogen (secondary N) is 2. The van der Waals surface area contributed by atoms with Gasteiger partial charge in [-0.15, -0.1) is 0 Å². The molecule has 2 rings (SSSR count). The van der Waals surface area contributed by atoms with Crippen LogP contribution in [-0.4, -0.2) is 27.0 Å². The van der Waals surface area contributed by atoms with Crippen molar-refractivity contribution >= 4 is 15.9 Å². The van der Waals surface area contributed by atoms with Crippen LogP contribution < -0.4 is 14.8 Å². The van der Waals surface area contributed by atoms with E-state index >= 15 is 0 Å². The fourth-order valence-electron chi connectivity index (χ4n) is 2.40. The van der Waals surface area contributed by atoms with Crippen LogP contribution in [0.5, 0.6) is 5.75 Å². The highest BCUT2D eigenvalue weighted by Crippen LogP contribution is 2.16. The van der Waals surface area contributed by atoms with Crippen LogP contribution in [0.2, 0.25) is 0 Å². The fourth-order valence-corrected chi connectivity index (χ4v) is 3.60. The molecule has 0 spiro atoms. The largest absolute Gasteiger partial charge is 0.494 e. The molecule has 0 aliphatic rings. The highest BCUT2D eigenvalue weighted by molar-refractivity contribution is 7.89. The van der Waals surface area contributed by atoms with Gasteiger partial charge in [-0.3, -0.25) is 4.79 Å². The summed E-state index contributed by atoms with van der Waals surface area (Å²) < 4.78 is 32.6. The number of benzene rings is 2. The topological polar surface area (TPSA) is 84.5 Å². The van der Waals surface area contributed by atoms with Crippen molar-refractivity contribution in [2.45, 2.75) is 37.8 Å². The number of amides is 1. The number of ether oxygens (including phenoxy) is 1. The summed E-state index contributed by atoms with van der Waals surface area (Å²) in [6.07, 6.45) is 0. The van der Waals surface area contributed by atoms with Gasteiger partial charge in [0, 0.05) is 0 Å². The van der Waals surface area contributed by atoms with Gasteiger partial charge >= 0.3 is 0 Å². The van der Waals surface area contributed by atoms with E-state index in [-0.39, 0.29) is 10.9 Å². The van der Waals surface area contributed by atoms with Gasteiger partial charge in [-0.05, 0) is 50.6 Å². The minimum absolute atomic E-state index is 0.0803. The molecular weight excluding hydrogens is 352 g/mol. The van der Waals surface area contributed by atoms with E-state index in [1.54, 1.807) is 12.1 Å². The van der Waals surface area contributed by atoms with E-state index in [2.05, 4.69) is 10.0 Å². The maximum Gasteiger partial charge on any atom is 0.241 e. The van der Waals surface area contributed by atoms with Gasteiger partial charge in [-0.25, -0.2) is 8.42 Å². The van der Waals surface area contributed by atoms with Crippen LogP contribution in [0.15, 0.2) is 59.5 Å². The van der Waals surface area contributed by atoms with Crippen LogP contribution in [-0.2, 0) is 14.8 Å². The van der Waals surface area contributed by atoms with Crippen LogP contribution in [0.25, 0.3) is 0 Å². The summed E-state index contributed by atoms with van der Waals surface area (Å²) in [5.41, 5.74) is 0.947. The molecule has 7 heteroatoms. The molecular formula is C19H24N2O4S. The molecule has 2 aromatic carbocycles. The van der Waals surface area contributed by atoms with Crippen molar-refractivity contribution in [3.8, 4) is 5.75 Å². The Morgan fingerprint density at radius 3 is 2.23 bits per heavy atom. The number of carbonyl (C=O) groups is 1. The van der Waals surface area contributed by atoms with Crippen molar-refractivity contribution in [3.05, 3.63) is 60.2 Å². The zero-order valence-corrected chi connectivity index (χ0v) is 15.9. The van der Waals surface area contributed by atoms with E-state index < -0.39 is 22.0 Å². The van der Waals surface area contributed by atoms with Crippen molar-refractivity contribution in [3.63, 3.8) is 0 Å². The number of carbonyl (C=O) groups excluding carboxylic acids is 1. The fraction of sp³-hybridized carbons (Fsp3) is 0.316. The molecule has 0 heterocycles. The molecule has 0 fully saturated rings. The van der Waals surface area contributed by atoms with E-state index in [1.165, 1.54) is 19.1 Å². The molecule has 0 unspecified atom stereocenters. The quantitative estimate of drug-likeness (QED) is 0.742. The zero-order valence-electron chi connectivity index (χ0n) is 15.1. The smallest absolute Gasteiger partial charge is 0.241 e. The predicted octanol–water partition coefficient (Wildman–Crippen LogP) is 2.63. The number of rotatable bonds is 8. The van der Waals surface area contributed by atoms with Crippen molar-refractivity contribution in [1.29, 1.82) is 0 Å². The molecule has 140 valence electrons. The van der Waals surface area contributed by atoms with E-state index in [9.17, 15) is 13.2 Å². The van der Waals surface area contributed by atoms with Gasteiger partial charge in [0.1, 0.15) is 5.75 Å². The average molecular weight is 376 g/mol. The summed E-state index contributed by atoms with van der Waals surface area (Å²) in [5.74, 6) is 0.199. The summed E-state index contributed by atoms with van der Waals surface area (Å²) in [6.45, 7) is 5.71. The third kappa shape index (κ3) is 5.31. The van der Waals surface area contributed by atoms with Crippen LogP contribution >= 0.6 is 0 Å². The summed E-state index contributed by atoms with van der Waals surface area (Å²) in [6, 6.07) is 14.4. The van der Waals surface area contributed by atoms with E-state index in [0.717, 1.165) is 5.56 Å². The summed E-state index contributed by atoms with van der Waals surface area (Å²) in [5, 5.41) is 2.81. The lowest BCUT2D eigenvalue weighted by atomic mass is 10.1. The van der Waals surface area contributed by atoms with Gasteiger partial charge in [0.25, 0.3) is 0 Å². The highest BCUT2D eigenvalue weighted by atomic mass is 32.2. The molecule has 1 amide bonds. The van der Waals surface area contributed by atoms with Crippen LogP contribution in [0, 0.1) is 0 Å². The van der Waals surface area contributed by atoms with E-state index in [0.29, 0.717) is 12.4 Å². The van der Waals surface area contributed by atoms with Crippen LogP contribution in [0.4, 0.5) is 0 Å². The Balaban J connectivity index is 2.00. The molecule has 6 nitrogen and oxygen atoms in total. The van der Waals surface area contributed by atoms with Gasteiger partial charge in [-0.2, -0.15) is 4.72 Å². The van der Waals surface area contributed by atoms with E-state index in [4.69, 9.17) is 4.74 Å². The monoisotopic (exact) mass is 376 g/mol. The van der Waals surface area contributed by atoms with Gasteiger partial charge in [0.2, 0.25) is 15.9 Å². The third-order valence-corrected chi connectivity index (χ3v) is 5.39. The van der Waals surface area contributed by atoms with Crippen LogP contribution in [0.3, 0.4) is 0 Å². The number of hydrogen-bond acceptors (Lipinski definition) is 4. The predicted molar refractivity (Wildman–Crippen MR) is 100 cm³/mol. The molecule has 0 aliphatic carbocycles. The first-order valence-corrected chi connectivity index (χ1v) is 9.92. The van der Waals surface area contributed by atoms with Crippen molar-refractivity contribution < 1.29 is 17.9 Å². The molecule has 0 aliphatic heterocycles. The number of sulfonamides is 1. The lowest BCUT2D eigenvalue weighted by Crippen LogP contribution is -2.45. The summed E-state index contributed by atoms with van der Waals surface area (Å²) in [4.78, 5) is 12.4. The SMILES string of the molecule is CCOc1ccc(S(=O)(=O)N[C@H](C)C(=O)N[C@@H](C)c2ccccc2)cc1. The Morgan fingerprint density at radius 2 is 1.65 bits per heavy atom. The lowest BCUT2D eigenvalue weighted by Gasteiger charge is -2.19. The molecule has 0 saturated carbocycles. The minimum atomic E-state index is -3.80. The number of hydrogen-bond donors (Lipinski definition) is 2. The molecule has 2 atom stereocenters. The molecule has 2 N–H and O–H groups in total. The Morgan fingerprint density at radius 1 is 1.04 bits per heavy atom. The molecule has 0 saturated heterocycles. The molecule has 26 heavy (non-hydrogen) atoms. The zero-order chi connectivity index (χ0) is 19.2. The molecule has 0 radical (unpaired) electrons. The average Bonchev–Trinajstić information content (AvgIpc) is 2.62. The first kappa shape index (κ1) is 19.9. The molecule has 2 aromatic rings. The second-order valence-corrected chi connectivity index (χ2v) is 7.60. The van der Waals surface area contributed by atoms with Gasteiger partial charge in [-0.1, -0.05) is 30.3 Å². The van der Waals surface area contributed by atoms with Crippen LogP contribution in [0.1, 0.15) is 32.4 Å². The Kier molecular flexibility index (Phi) is 6.76. The van der Waals surface area contributed by atoms with Gasteiger partial charge in [0.05, 0.1) is 23.6 Å². The van der Waals surface area contributed by atoms with E-state index in [1.807, 2.05) is 44.2 Å². The minimum Gasteiger partial charge on any atom is -0.494 e.